The number of benzene rings is 1. The summed E-state index contributed by atoms with van der Waals surface area (Å²) in [5.74, 6) is -0.174. The summed E-state index contributed by atoms with van der Waals surface area (Å²) in [5.41, 5.74) is 3.40. The van der Waals surface area contributed by atoms with E-state index in [0.717, 1.165) is 41.9 Å². The zero-order valence-electron chi connectivity index (χ0n) is 12.6. The average Bonchev–Trinajstić information content (AvgIpc) is 3.02. The van der Waals surface area contributed by atoms with Crippen molar-refractivity contribution < 1.29 is 4.39 Å². The number of nitrogens with zero attached hydrogens (tertiary/aromatic N) is 1. The summed E-state index contributed by atoms with van der Waals surface area (Å²) in [6.07, 6.45) is 4.57. The molecule has 1 unspecified atom stereocenters. The van der Waals surface area contributed by atoms with E-state index < -0.39 is 0 Å². The second kappa shape index (κ2) is 6.24. The van der Waals surface area contributed by atoms with Crippen LogP contribution in [0.3, 0.4) is 0 Å². The van der Waals surface area contributed by atoms with E-state index in [0.29, 0.717) is 0 Å². The molecule has 2 nitrogen and oxygen atoms in total. The predicted octanol–water partition coefficient (Wildman–Crippen LogP) is 4.17. The van der Waals surface area contributed by atoms with E-state index in [1.807, 2.05) is 24.3 Å². The highest BCUT2D eigenvalue weighted by Gasteiger charge is 2.23. The van der Waals surface area contributed by atoms with E-state index in [4.69, 9.17) is 4.98 Å². The average molecular weight is 304 g/mol. The third kappa shape index (κ3) is 3.01. The lowest BCUT2D eigenvalue weighted by molar-refractivity contribution is 0.586. The van der Waals surface area contributed by atoms with E-state index in [1.54, 1.807) is 12.1 Å². The Bertz CT molecular complexity index is 614. The Morgan fingerprint density at radius 3 is 2.95 bits per heavy atom. The van der Waals surface area contributed by atoms with Gasteiger partial charge in [0.1, 0.15) is 10.8 Å². The van der Waals surface area contributed by atoms with Crippen LogP contribution in [0.4, 0.5) is 4.39 Å². The normalized spacial score (nSPS) is 15.2. The van der Waals surface area contributed by atoms with E-state index in [9.17, 15) is 4.39 Å². The van der Waals surface area contributed by atoms with Gasteiger partial charge in [0.2, 0.25) is 0 Å². The number of nitrogens with one attached hydrogen (secondary N) is 1. The Morgan fingerprint density at radius 1 is 1.38 bits per heavy atom. The third-order valence-electron chi connectivity index (χ3n) is 4.00. The maximum absolute atomic E-state index is 13.4. The lowest BCUT2D eigenvalue weighted by atomic mass is 10.0. The van der Waals surface area contributed by atoms with Crippen LogP contribution >= 0.6 is 11.3 Å². The first kappa shape index (κ1) is 14.7. The molecule has 0 saturated carbocycles. The van der Waals surface area contributed by atoms with Crippen molar-refractivity contribution in [1.29, 1.82) is 0 Å². The van der Waals surface area contributed by atoms with Gasteiger partial charge in [-0.2, -0.15) is 0 Å². The molecule has 1 N–H and O–H groups in total. The fourth-order valence-electron chi connectivity index (χ4n) is 2.92. The van der Waals surface area contributed by atoms with Crippen molar-refractivity contribution in [3.63, 3.8) is 0 Å². The third-order valence-corrected chi connectivity index (χ3v) is 5.22. The molecule has 0 bridgehead atoms. The van der Waals surface area contributed by atoms with Crippen molar-refractivity contribution in [3.05, 3.63) is 50.7 Å². The van der Waals surface area contributed by atoms with Gasteiger partial charge >= 0.3 is 0 Å². The molecule has 0 amide bonds. The summed E-state index contributed by atoms with van der Waals surface area (Å²) in [4.78, 5) is 6.28. The highest BCUT2D eigenvalue weighted by atomic mass is 32.1. The predicted molar refractivity (Wildman–Crippen MR) is 85.4 cm³/mol. The smallest absolute Gasteiger partial charge is 0.123 e. The topological polar surface area (TPSA) is 24.9 Å². The molecule has 0 radical (unpaired) electrons. The van der Waals surface area contributed by atoms with Gasteiger partial charge < -0.3 is 5.32 Å². The van der Waals surface area contributed by atoms with Crippen molar-refractivity contribution in [2.45, 2.75) is 45.6 Å². The minimum Gasteiger partial charge on any atom is -0.304 e. The van der Waals surface area contributed by atoms with Gasteiger partial charge in [-0.25, -0.2) is 9.37 Å². The van der Waals surface area contributed by atoms with E-state index in [-0.39, 0.29) is 11.9 Å². The molecular formula is C17H21FN2S. The van der Waals surface area contributed by atoms with Gasteiger partial charge in [-0.15, -0.1) is 11.3 Å². The molecule has 3 rings (SSSR count). The number of aryl methyl sites for hydroxylation is 3. The summed E-state index contributed by atoms with van der Waals surface area (Å²) in [7, 11) is 0. The fourth-order valence-corrected chi connectivity index (χ4v) is 4.16. The molecule has 0 spiro atoms. The molecule has 1 aromatic carbocycles. The van der Waals surface area contributed by atoms with Gasteiger partial charge in [0.05, 0.1) is 11.7 Å². The summed E-state index contributed by atoms with van der Waals surface area (Å²) in [6.45, 7) is 5.06. The van der Waals surface area contributed by atoms with Gasteiger partial charge in [-0.05, 0) is 62.4 Å². The quantitative estimate of drug-likeness (QED) is 0.897. The van der Waals surface area contributed by atoms with Crippen LogP contribution in [-0.4, -0.2) is 11.5 Å². The van der Waals surface area contributed by atoms with Crippen molar-refractivity contribution in [1.82, 2.24) is 10.3 Å². The van der Waals surface area contributed by atoms with Gasteiger partial charge in [0.25, 0.3) is 0 Å². The highest BCUT2D eigenvalue weighted by molar-refractivity contribution is 7.11. The van der Waals surface area contributed by atoms with Crippen LogP contribution in [0.15, 0.2) is 18.2 Å². The SMILES string of the molecule is CCCNC(c1nc2c(s1)CCC2)c1ccc(F)cc1C. The second-order valence-electron chi connectivity index (χ2n) is 5.66. The van der Waals surface area contributed by atoms with Crippen LogP contribution in [0.5, 0.6) is 0 Å². The van der Waals surface area contributed by atoms with Gasteiger partial charge in [0, 0.05) is 4.88 Å². The van der Waals surface area contributed by atoms with Gasteiger partial charge in [0.15, 0.2) is 0 Å². The first-order chi connectivity index (χ1) is 10.2. The fraction of sp³-hybridized carbons (Fsp3) is 0.471. The molecule has 2 aromatic rings. The van der Waals surface area contributed by atoms with Crippen LogP contribution in [0.2, 0.25) is 0 Å². The monoisotopic (exact) mass is 304 g/mol. The number of fused-ring (bicyclic) bond motifs is 1. The maximum Gasteiger partial charge on any atom is 0.123 e. The Hall–Kier alpha value is -1.26. The number of rotatable bonds is 5. The maximum atomic E-state index is 13.4. The minimum absolute atomic E-state index is 0.0844. The summed E-state index contributed by atoms with van der Waals surface area (Å²) < 4.78 is 13.4. The van der Waals surface area contributed by atoms with Crippen molar-refractivity contribution in [2.75, 3.05) is 6.54 Å². The Morgan fingerprint density at radius 2 is 2.24 bits per heavy atom. The lowest BCUT2D eigenvalue weighted by Crippen LogP contribution is -2.24. The molecule has 0 aliphatic heterocycles. The van der Waals surface area contributed by atoms with Gasteiger partial charge in [-0.3, -0.25) is 0 Å². The Kier molecular flexibility index (Phi) is 4.36. The molecular weight excluding hydrogens is 283 g/mol. The molecule has 1 aromatic heterocycles. The van der Waals surface area contributed by atoms with Crippen LogP contribution in [0, 0.1) is 12.7 Å². The van der Waals surface area contributed by atoms with E-state index >= 15 is 0 Å². The van der Waals surface area contributed by atoms with Crippen molar-refractivity contribution in [3.8, 4) is 0 Å². The number of hydrogen-bond donors (Lipinski definition) is 1. The molecule has 1 aliphatic rings. The van der Waals surface area contributed by atoms with Gasteiger partial charge in [-0.1, -0.05) is 13.0 Å². The van der Waals surface area contributed by atoms with Crippen molar-refractivity contribution >= 4 is 11.3 Å². The Labute approximate surface area is 129 Å². The highest BCUT2D eigenvalue weighted by Crippen LogP contribution is 2.34. The van der Waals surface area contributed by atoms with Crippen molar-refractivity contribution in [2.24, 2.45) is 0 Å². The number of thiazole rings is 1. The molecule has 4 heteroatoms. The first-order valence-corrected chi connectivity index (χ1v) is 8.48. The Balaban J connectivity index is 1.96. The number of aromatic nitrogens is 1. The first-order valence-electron chi connectivity index (χ1n) is 7.67. The summed E-state index contributed by atoms with van der Waals surface area (Å²) in [6, 6.07) is 5.13. The molecule has 1 atom stereocenters. The lowest BCUT2D eigenvalue weighted by Gasteiger charge is -2.19. The molecule has 21 heavy (non-hydrogen) atoms. The standard InChI is InChI=1S/C17H21FN2S/c1-3-9-19-16(13-8-7-12(18)10-11(13)2)17-20-14-5-4-6-15(14)21-17/h7-8,10,16,19H,3-6,9H2,1-2H3. The minimum atomic E-state index is -0.174. The van der Waals surface area contributed by atoms with Crippen LogP contribution in [0.1, 0.15) is 52.5 Å². The number of hydrogen-bond acceptors (Lipinski definition) is 3. The van der Waals surface area contributed by atoms with Crippen LogP contribution in [0.25, 0.3) is 0 Å². The second-order valence-corrected chi connectivity index (χ2v) is 6.78. The number of halogens is 1. The van der Waals surface area contributed by atoms with Crippen LogP contribution in [-0.2, 0) is 12.8 Å². The zero-order chi connectivity index (χ0) is 14.8. The summed E-state index contributed by atoms with van der Waals surface area (Å²) in [5, 5.41) is 4.70. The van der Waals surface area contributed by atoms with E-state index in [2.05, 4.69) is 12.2 Å². The molecule has 1 heterocycles. The largest absolute Gasteiger partial charge is 0.304 e. The van der Waals surface area contributed by atoms with Crippen LogP contribution < -0.4 is 5.32 Å². The molecule has 0 saturated heterocycles. The molecule has 112 valence electrons. The molecule has 0 fully saturated rings. The molecule has 1 aliphatic carbocycles. The summed E-state index contributed by atoms with van der Waals surface area (Å²) >= 11 is 1.82. The zero-order valence-corrected chi connectivity index (χ0v) is 13.4. The van der Waals surface area contributed by atoms with E-state index in [1.165, 1.54) is 17.0 Å².